The van der Waals surface area contributed by atoms with Gasteiger partial charge < -0.3 is 9.88 Å². The molecule has 0 saturated carbocycles. The summed E-state index contributed by atoms with van der Waals surface area (Å²) in [6.07, 6.45) is 5.60. The molecule has 0 bridgehead atoms. The molecule has 0 aliphatic carbocycles. The van der Waals surface area contributed by atoms with Crippen LogP contribution in [0.4, 0.5) is 11.5 Å². The number of aromatic nitrogens is 3. The Bertz CT molecular complexity index is 599. The number of aryl methyl sites for hydroxylation is 1. The Balaban J connectivity index is 1.96. The average Bonchev–Trinajstić information content (AvgIpc) is 2.77. The highest BCUT2D eigenvalue weighted by atomic mass is 79.9. The van der Waals surface area contributed by atoms with Gasteiger partial charge in [0.1, 0.15) is 17.8 Å². The molecule has 2 aromatic rings. The van der Waals surface area contributed by atoms with E-state index in [0.717, 1.165) is 12.2 Å². The summed E-state index contributed by atoms with van der Waals surface area (Å²) >= 11 is 3.26. The maximum absolute atomic E-state index is 10.6. The summed E-state index contributed by atoms with van der Waals surface area (Å²) in [6.45, 7) is 0.647. The second kappa shape index (κ2) is 5.79. The lowest BCUT2D eigenvalue weighted by Crippen LogP contribution is -2.10. The van der Waals surface area contributed by atoms with Gasteiger partial charge in [0.05, 0.1) is 9.40 Å². The molecule has 1 N–H and O–H groups in total. The number of nitrogens with one attached hydrogen (secondary N) is 1. The zero-order valence-electron chi connectivity index (χ0n) is 10.2. The van der Waals surface area contributed by atoms with E-state index in [1.54, 1.807) is 6.20 Å². The Kier molecular flexibility index (Phi) is 4.10. The van der Waals surface area contributed by atoms with Crippen molar-refractivity contribution < 1.29 is 4.92 Å². The first-order chi connectivity index (χ1) is 9.08. The van der Waals surface area contributed by atoms with Crippen LogP contribution in [0.1, 0.15) is 5.82 Å². The summed E-state index contributed by atoms with van der Waals surface area (Å²) in [5, 5.41) is 13.7. The van der Waals surface area contributed by atoms with E-state index in [1.807, 2.05) is 17.8 Å². The van der Waals surface area contributed by atoms with Gasteiger partial charge in [0.15, 0.2) is 0 Å². The van der Waals surface area contributed by atoms with E-state index < -0.39 is 4.92 Å². The highest BCUT2D eigenvalue weighted by Gasteiger charge is 2.10. The molecule has 8 heteroatoms. The maximum atomic E-state index is 10.6. The predicted molar refractivity (Wildman–Crippen MR) is 74.0 cm³/mol. The van der Waals surface area contributed by atoms with Crippen LogP contribution in [0.2, 0.25) is 0 Å². The number of rotatable bonds is 5. The summed E-state index contributed by atoms with van der Waals surface area (Å²) in [5.74, 6) is 1.55. The van der Waals surface area contributed by atoms with Gasteiger partial charge in [-0.3, -0.25) is 10.1 Å². The molecular formula is C11H12BrN5O2. The van der Waals surface area contributed by atoms with E-state index >= 15 is 0 Å². The molecule has 0 aromatic carbocycles. The molecule has 7 nitrogen and oxygen atoms in total. The van der Waals surface area contributed by atoms with Gasteiger partial charge in [-0.1, -0.05) is 0 Å². The van der Waals surface area contributed by atoms with Crippen molar-refractivity contribution in [2.24, 2.45) is 7.05 Å². The van der Waals surface area contributed by atoms with Gasteiger partial charge in [-0.25, -0.2) is 9.97 Å². The van der Waals surface area contributed by atoms with E-state index in [4.69, 9.17) is 0 Å². The van der Waals surface area contributed by atoms with E-state index in [2.05, 4.69) is 31.2 Å². The molecule has 0 atom stereocenters. The Morgan fingerprint density at radius 3 is 2.89 bits per heavy atom. The number of nitrogens with zero attached hydrogens (tertiary/aromatic N) is 4. The third-order valence-corrected chi connectivity index (χ3v) is 3.20. The maximum Gasteiger partial charge on any atom is 0.288 e. The Labute approximate surface area is 118 Å². The second-order valence-corrected chi connectivity index (χ2v) is 4.77. The standard InChI is InChI=1S/C11H12BrN5O2/c1-16-5-4-13-10(16)2-3-14-11-9(12)6-8(7-15-11)17(18)19/h4-7H,2-3H2,1H3,(H,14,15). The lowest BCUT2D eigenvalue weighted by atomic mass is 10.3. The molecule has 0 spiro atoms. The van der Waals surface area contributed by atoms with Crippen LogP contribution in [0.3, 0.4) is 0 Å². The molecule has 2 rings (SSSR count). The molecule has 2 aromatic heterocycles. The highest BCUT2D eigenvalue weighted by Crippen LogP contribution is 2.24. The molecule has 0 aliphatic heterocycles. The highest BCUT2D eigenvalue weighted by molar-refractivity contribution is 9.10. The SMILES string of the molecule is Cn1ccnc1CCNc1ncc([N+](=O)[O-])cc1Br. The smallest absolute Gasteiger partial charge is 0.288 e. The molecule has 0 saturated heterocycles. The number of hydrogen-bond acceptors (Lipinski definition) is 5. The molecule has 0 unspecified atom stereocenters. The summed E-state index contributed by atoms with van der Waals surface area (Å²) in [4.78, 5) is 18.3. The van der Waals surface area contributed by atoms with Crippen LogP contribution < -0.4 is 5.32 Å². The Morgan fingerprint density at radius 1 is 1.53 bits per heavy atom. The van der Waals surface area contributed by atoms with Crippen molar-refractivity contribution in [3.05, 3.63) is 45.1 Å². The number of nitro groups is 1. The number of hydrogen-bond donors (Lipinski definition) is 1. The summed E-state index contributed by atoms with van der Waals surface area (Å²) in [6, 6.07) is 1.43. The van der Waals surface area contributed by atoms with Gasteiger partial charge in [0.2, 0.25) is 0 Å². The number of pyridine rings is 1. The van der Waals surface area contributed by atoms with Crippen LogP contribution in [-0.2, 0) is 13.5 Å². The van der Waals surface area contributed by atoms with Crippen LogP contribution in [-0.4, -0.2) is 26.0 Å². The van der Waals surface area contributed by atoms with E-state index in [1.165, 1.54) is 12.3 Å². The third-order valence-electron chi connectivity index (χ3n) is 2.60. The first-order valence-corrected chi connectivity index (χ1v) is 6.37. The van der Waals surface area contributed by atoms with Crippen molar-refractivity contribution >= 4 is 27.4 Å². The van der Waals surface area contributed by atoms with E-state index in [9.17, 15) is 10.1 Å². The first kappa shape index (κ1) is 13.5. The molecule has 0 radical (unpaired) electrons. The topological polar surface area (TPSA) is 85.9 Å². The minimum absolute atomic E-state index is 0.0403. The van der Waals surface area contributed by atoms with Gasteiger partial charge in [-0.15, -0.1) is 0 Å². The third kappa shape index (κ3) is 3.28. The van der Waals surface area contributed by atoms with E-state index in [-0.39, 0.29) is 5.69 Å². The van der Waals surface area contributed by atoms with Crippen molar-refractivity contribution in [3.63, 3.8) is 0 Å². The normalized spacial score (nSPS) is 10.4. The largest absolute Gasteiger partial charge is 0.369 e. The molecule has 100 valence electrons. The number of imidazole rings is 1. The Hall–Kier alpha value is -1.96. The van der Waals surface area contributed by atoms with Crippen LogP contribution in [0.15, 0.2) is 29.1 Å². The van der Waals surface area contributed by atoms with Gasteiger partial charge >= 0.3 is 0 Å². The molecule has 0 amide bonds. The van der Waals surface area contributed by atoms with Crippen LogP contribution in [0.5, 0.6) is 0 Å². The molecule has 2 heterocycles. The zero-order chi connectivity index (χ0) is 13.8. The van der Waals surface area contributed by atoms with Crippen LogP contribution >= 0.6 is 15.9 Å². The number of anilines is 1. The molecule has 0 aliphatic rings. The van der Waals surface area contributed by atoms with Crippen molar-refractivity contribution in [2.75, 3.05) is 11.9 Å². The molecule has 19 heavy (non-hydrogen) atoms. The van der Waals surface area contributed by atoms with Crippen LogP contribution in [0.25, 0.3) is 0 Å². The van der Waals surface area contributed by atoms with Crippen molar-refractivity contribution in [2.45, 2.75) is 6.42 Å². The lowest BCUT2D eigenvalue weighted by Gasteiger charge is -2.07. The van der Waals surface area contributed by atoms with Crippen molar-refractivity contribution in [3.8, 4) is 0 Å². The first-order valence-electron chi connectivity index (χ1n) is 5.58. The van der Waals surface area contributed by atoms with Crippen LogP contribution in [0, 0.1) is 10.1 Å². The minimum atomic E-state index is -0.477. The minimum Gasteiger partial charge on any atom is -0.369 e. The quantitative estimate of drug-likeness (QED) is 0.672. The Morgan fingerprint density at radius 2 is 2.32 bits per heavy atom. The lowest BCUT2D eigenvalue weighted by molar-refractivity contribution is -0.385. The molecule has 0 fully saturated rings. The summed E-state index contributed by atoms with van der Waals surface area (Å²) in [5.41, 5.74) is -0.0403. The average molecular weight is 326 g/mol. The van der Waals surface area contributed by atoms with Gasteiger partial charge in [0.25, 0.3) is 5.69 Å². The fraction of sp³-hybridized carbons (Fsp3) is 0.273. The zero-order valence-corrected chi connectivity index (χ0v) is 11.8. The van der Waals surface area contributed by atoms with Crippen molar-refractivity contribution in [1.82, 2.24) is 14.5 Å². The fourth-order valence-electron chi connectivity index (χ4n) is 1.59. The summed E-state index contributed by atoms with van der Waals surface area (Å²) in [7, 11) is 1.93. The number of halogens is 1. The van der Waals surface area contributed by atoms with Gasteiger partial charge in [-0.05, 0) is 15.9 Å². The van der Waals surface area contributed by atoms with E-state index in [0.29, 0.717) is 16.8 Å². The predicted octanol–water partition coefficient (Wildman–Crippen LogP) is 2.14. The van der Waals surface area contributed by atoms with Gasteiger partial charge in [-0.2, -0.15) is 0 Å². The fourth-order valence-corrected chi connectivity index (χ4v) is 2.06. The monoisotopic (exact) mass is 325 g/mol. The van der Waals surface area contributed by atoms with Gasteiger partial charge in [0, 0.05) is 38.5 Å². The molecular weight excluding hydrogens is 314 g/mol. The summed E-state index contributed by atoms with van der Waals surface area (Å²) < 4.78 is 2.52. The second-order valence-electron chi connectivity index (χ2n) is 3.91. The van der Waals surface area contributed by atoms with Crippen molar-refractivity contribution in [1.29, 1.82) is 0 Å².